The lowest BCUT2D eigenvalue weighted by Crippen LogP contribution is -2.03. The maximum absolute atomic E-state index is 9.81. The van der Waals surface area contributed by atoms with Crippen LogP contribution in [0.25, 0.3) is 218 Å². The third-order valence-corrected chi connectivity index (χ3v) is 25.7. The maximum atomic E-state index is 9.81. The molecule has 0 fully saturated rings. The van der Waals surface area contributed by atoms with Crippen molar-refractivity contribution in [1.82, 2.24) is 42.4 Å². The molecular formula is C121H74N20. The molecule has 9 aromatic heterocycles. The molecule has 24 rings (SSSR count). The van der Waals surface area contributed by atoms with Gasteiger partial charge in [-0.15, -0.1) is 0 Å². The Morgan fingerprint density at radius 2 is 0.447 bits per heavy atom. The van der Waals surface area contributed by atoms with Gasteiger partial charge in [0, 0.05) is 81.6 Å². The molecule has 15 aromatic carbocycles. The van der Waals surface area contributed by atoms with Crippen molar-refractivity contribution in [2.45, 2.75) is 36.1 Å². The summed E-state index contributed by atoms with van der Waals surface area (Å²) in [6.07, 6.45) is 5.60. The van der Waals surface area contributed by atoms with Gasteiger partial charge < -0.3 is 13.7 Å². The molecule has 20 heteroatoms. The van der Waals surface area contributed by atoms with Crippen LogP contribution in [0.15, 0.2) is 340 Å². The predicted octanol–water partition coefficient (Wildman–Crippen LogP) is 30.7. The number of nitrogens with zero attached hydrogens (tertiary/aromatic N) is 20. The van der Waals surface area contributed by atoms with Crippen molar-refractivity contribution in [1.29, 1.82) is 36.8 Å². The monoisotopic (exact) mass is 1810 g/mol. The van der Waals surface area contributed by atoms with Crippen LogP contribution in [0.4, 0.5) is 22.7 Å². The molecule has 9 heterocycles. The molecule has 20 nitrogen and oxygen atoms in total. The molecule has 658 valence electrons. The summed E-state index contributed by atoms with van der Waals surface area (Å²) in [5, 5.41) is 79.3. The number of fused-ring (bicyclic) bond motifs is 18. The summed E-state index contributed by atoms with van der Waals surface area (Å²) in [6.45, 7) is 34.8. The van der Waals surface area contributed by atoms with E-state index in [0.717, 1.165) is 160 Å². The van der Waals surface area contributed by atoms with Gasteiger partial charge in [0.05, 0.1) is 199 Å². The molecule has 0 spiro atoms. The first-order chi connectivity index (χ1) is 67.7. The van der Waals surface area contributed by atoms with Crippen LogP contribution < -0.4 is 0 Å². The molecule has 0 saturated heterocycles. The van der Waals surface area contributed by atoms with Crippen LogP contribution >= 0.6 is 0 Å². The maximum Gasteiger partial charge on any atom is 0.189 e. The first-order valence-corrected chi connectivity index (χ1v) is 43.7. The lowest BCUT2D eigenvalue weighted by molar-refractivity contribution is 1.05. The van der Waals surface area contributed by atoms with Crippen LogP contribution in [0, 0.1) is 119 Å². The topological polar surface area (TPSA) is 252 Å². The van der Waals surface area contributed by atoms with Gasteiger partial charge in [-0.3, -0.25) is 13.7 Å². The highest BCUT2D eigenvalue weighted by Crippen LogP contribution is 2.47. The zero-order valence-corrected chi connectivity index (χ0v) is 73.3. The summed E-state index contributed by atoms with van der Waals surface area (Å²) in [6, 6.07) is 119. The van der Waals surface area contributed by atoms with Gasteiger partial charge in [0.25, 0.3) is 0 Å². The van der Waals surface area contributed by atoms with Gasteiger partial charge in [0.15, 0.2) is 22.7 Å². The average molecular weight is 1810 g/mol. The summed E-state index contributed by atoms with van der Waals surface area (Å²) in [7, 11) is 0. The summed E-state index contributed by atoms with van der Waals surface area (Å²) >= 11 is 0. The number of benzene rings is 15. The van der Waals surface area contributed by atoms with Gasteiger partial charge in [0.2, 0.25) is 0 Å². The number of para-hydroxylation sites is 2. The lowest BCUT2D eigenvalue weighted by Gasteiger charge is -2.17. The SMILES string of the molecule is C.C.C.Cc1ccc2c3ccccc3n(-c3cc(-c4ccc(C#N)cc4)c(-n4c5ccccc5c5ccc(C)cc54)cn3)c2c1.[C-]#[N+]c1ccc2c(c1)c1cc([N+]#[C-])ccc1n2-c1cnc(-n2c3ccc(C#N)cc3c3cc(C#N)ccc32)cc1-c1ccc(C#N)cc1.[C-]#[N+]c1ccc2c3ccc(C#N)cc3n(-c3cc(-c4ccc(C#N)cc4)c(-n4c5cc(C#N)ccc5c5ccc([N+]#[C-])cc54)cn3)c2c1. The zero-order chi connectivity index (χ0) is 94.3. The van der Waals surface area contributed by atoms with Crippen LogP contribution in [0.1, 0.15) is 72.4 Å². The van der Waals surface area contributed by atoms with E-state index in [-0.39, 0.29) is 22.3 Å². The van der Waals surface area contributed by atoms with Crippen molar-refractivity contribution in [2.24, 2.45) is 0 Å². The van der Waals surface area contributed by atoms with Crippen molar-refractivity contribution < 1.29 is 0 Å². The van der Waals surface area contributed by atoms with Crippen LogP contribution in [-0.4, -0.2) is 42.4 Å². The Balaban J connectivity index is 0.000000133. The highest BCUT2D eigenvalue weighted by atomic mass is 15.1. The van der Waals surface area contributed by atoms with E-state index < -0.39 is 0 Å². The zero-order valence-electron chi connectivity index (χ0n) is 73.3. The summed E-state index contributed by atoms with van der Waals surface area (Å²) in [4.78, 5) is 29.8. The first-order valence-electron chi connectivity index (χ1n) is 43.7. The van der Waals surface area contributed by atoms with E-state index in [2.05, 4.69) is 180 Å². The van der Waals surface area contributed by atoms with Gasteiger partial charge >= 0.3 is 0 Å². The highest BCUT2D eigenvalue weighted by Gasteiger charge is 2.27. The Morgan fingerprint density at radius 1 is 0.213 bits per heavy atom. The molecule has 0 aliphatic carbocycles. The van der Waals surface area contributed by atoms with E-state index in [0.29, 0.717) is 79.0 Å². The molecule has 0 atom stereocenters. The van der Waals surface area contributed by atoms with Gasteiger partial charge in [0.1, 0.15) is 17.5 Å². The van der Waals surface area contributed by atoms with Crippen LogP contribution in [0.5, 0.6) is 0 Å². The fraction of sp³-hybridized carbons (Fsp3) is 0.0413. The Kier molecular flexibility index (Phi) is 22.9. The molecule has 141 heavy (non-hydrogen) atoms. The summed E-state index contributed by atoms with van der Waals surface area (Å²) < 4.78 is 12.7. The Labute approximate surface area is 809 Å². The van der Waals surface area contributed by atoms with Crippen molar-refractivity contribution in [3.05, 3.63) is 436 Å². The van der Waals surface area contributed by atoms with Gasteiger partial charge in [-0.25, -0.2) is 34.3 Å². The number of nitriles is 7. The number of aromatic nitrogens is 9. The smallest absolute Gasteiger partial charge is 0.189 e. The minimum Gasteiger partial charge on any atom is -0.308 e. The Bertz CT molecular complexity index is 9680. The lowest BCUT2D eigenvalue weighted by atomic mass is 10.0. The largest absolute Gasteiger partial charge is 0.308 e. The predicted molar refractivity (Wildman–Crippen MR) is 563 cm³/mol. The fourth-order valence-corrected chi connectivity index (χ4v) is 19.4. The van der Waals surface area contributed by atoms with E-state index >= 15 is 0 Å². The molecule has 0 saturated carbocycles. The molecule has 0 radical (unpaired) electrons. The first kappa shape index (κ1) is 89.2. The van der Waals surface area contributed by atoms with Crippen molar-refractivity contribution >= 4 is 154 Å². The van der Waals surface area contributed by atoms with E-state index in [9.17, 15) is 36.8 Å². The number of hydrogen-bond acceptors (Lipinski definition) is 10. The third kappa shape index (κ3) is 14.9. The quantitative estimate of drug-likeness (QED) is 0.124. The second-order valence-corrected chi connectivity index (χ2v) is 33.5. The summed E-state index contributed by atoms with van der Waals surface area (Å²) in [5.74, 6) is 2.04. The van der Waals surface area contributed by atoms with E-state index in [1.165, 1.54) is 32.7 Å². The number of aryl methyl sites for hydroxylation is 2. The van der Waals surface area contributed by atoms with E-state index in [1.807, 2.05) is 184 Å². The van der Waals surface area contributed by atoms with E-state index in [4.69, 9.17) is 41.2 Å². The Morgan fingerprint density at radius 3 is 0.830 bits per heavy atom. The number of rotatable bonds is 9. The minimum atomic E-state index is 0. The average Bonchev–Trinajstić information content (AvgIpc) is 1.58. The molecule has 0 bridgehead atoms. The van der Waals surface area contributed by atoms with Gasteiger partial charge in [-0.05, 0) is 228 Å². The van der Waals surface area contributed by atoms with Gasteiger partial charge in [-0.2, -0.15) is 36.8 Å². The second kappa shape index (κ2) is 36.1. The van der Waals surface area contributed by atoms with Crippen molar-refractivity contribution in [2.75, 3.05) is 0 Å². The van der Waals surface area contributed by atoms with Crippen LogP contribution in [-0.2, 0) is 0 Å². The fourth-order valence-electron chi connectivity index (χ4n) is 19.4. The standard InChI is InChI=1S/2C40H18N8.C38H26N4.3CH4/c1-44-28-9-13-35-33(17-28)34-18-29(45-2)10-14-36(34)47(35)39-23-46-40(19-30(39)27-7-3-24(20-41)4-8-27)48-37-11-5-25(21-42)15-31(37)32-16-26(22-43)6-12-38(32)48;1-44-28-9-13-32-30-11-5-25(21-42)15-35(30)47(37(32)17-28)39-23-46-40(19-34(39)27-7-3-24(20-41)4-8-27)48-36-16-26(22-43)6-12-31(36)33-14-10-29(45-2)18-38(33)48;1-24-11-17-30-28-7-3-5-9-33(28)41(35(30)19-24)37-23-40-38(21-32(37)27-15-13-26(22-39)14-16-27)42-34-10-6-4-8-29(34)31-18-12-25(2)20-36(31)42;;;/h2*3-19,23H;3-21,23H,1-2H3;3*1H4. The van der Waals surface area contributed by atoms with E-state index in [1.54, 1.807) is 79.0 Å². The molecule has 0 aliphatic heterocycles. The van der Waals surface area contributed by atoms with Crippen molar-refractivity contribution in [3.63, 3.8) is 0 Å². The molecule has 0 amide bonds. The van der Waals surface area contributed by atoms with Crippen LogP contribution in [0.3, 0.4) is 0 Å². The normalized spacial score (nSPS) is 10.8. The summed E-state index contributed by atoms with van der Waals surface area (Å²) in [5.41, 5.74) is 27.0. The highest BCUT2D eigenvalue weighted by molar-refractivity contribution is 6.17. The minimum absolute atomic E-state index is 0. The molecule has 0 unspecified atom stereocenters. The molecule has 0 aliphatic rings. The number of hydrogen-bond donors (Lipinski definition) is 0. The molecule has 24 aromatic rings. The van der Waals surface area contributed by atoms with Crippen LogP contribution in [0.2, 0.25) is 0 Å². The van der Waals surface area contributed by atoms with Crippen molar-refractivity contribution in [3.8, 4) is 110 Å². The van der Waals surface area contributed by atoms with Gasteiger partial charge in [-0.1, -0.05) is 168 Å². The third-order valence-electron chi connectivity index (χ3n) is 25.7. The number of pyridine rings is 3. The molecular weight excluding hydrogens is 1730 g/mol. The second-order valence-electron chi connectivity index (χ2n) is 33.5. The Hall–Kier alpha value is -21.1. The molecule has 0 N–H and O–H groups in total.